The normalized spacial score (nSPS) is 10.1. The largest absolute Gasteiger partial charge is 0.497 e. The van der Waals surface area contributed by atoms with Gasteiger partial charge < -0.3 is 20.1 Å². The van der Waals surface area contributed by atoms with Gasteiger partial charge in [0.25, 0.3) is 0 Å². The zero-order chi connectivity index (χ0) is 18.9. The van der Waals surface area contributed by atoms with Gasteiger partial charge in [0, 0.05) is 12.6 Å². The summed E-state index contributed by atoms with van der Waals surface area (Å²) in [5.41, 5.74) is 1.36. The highest BCUT2D eigenvalue weighted by Gasteiger charge is 2.12. The zero-order valence-corrected chi connectivity index (χ0v) is 14.7. The van der Waals surface area contributed by atoms with Crippen LogP contribution in [0.3, 0.4) is 0 Å². The van der Waals surface area contributed by atoms with Crippen molar-refractivity contribution in [3.8, 4) is 11.5 Å². The Hall–Kier alpha value is -3.09. The molecule has 0 bridgehead atoms. The summed E-state index contributed by atoms with van der Waals surface area (Å²) in [5, 5.41) is 5.30. The van der Waals surface area contributed by atoms with Crippen molar-refractivity contribution in [1.82, 2.24) is 5.32 Å². The molecule has 2 aromatic rings. The Morgan fingerprint density at radius 1 is 1.00 bits per heavy atom. The van der Waals surface area contributed by atoms with Crippen molar-refractivity contribution in [1.29, 1.82) is 0 Å². The molecule has 0 spiro atoms. The average molecular weight is 360 g/mol. The lowest BCUT2D eigenvalue weighted by Gasteiger charge is -2.11. The maximum Gasteiger partial charge on any atom is 0.233 e. The molecule has 0 aromatic heterocycles. The summed E-state index contributed by atoms with van der Waals surface area (Å²) in [5.74, 6) is -0.110. The smallest absolute Gasteiger partial charge is 0.233 e. The quantitative estimate of drug-likeness (QED) is 0.710. The first-order valence-electron chi connectivity index (χ1n) is 8.05. The van der Waals surface area contributed by atoms with Crippen molar-refractivity contribution in [3.63, 3.8) is 0 Å². The number of ether oxygens (including phenoxy) is 2. The molecule has 0 atom stereocenters. The number of rotatable bonds is 8. The average Bonchev–Trinajstić information content (AvgIpc) is 2.63. The number of anilines is 1. The van der Waals surface area contributed by atoms with Crippen LogP contribution in [0.15, 0.2) is 42.5 Å². The van der Waals surface area contributed by atoms with Gasteiger partial charge >= 0.3 is 0 Å². The van der Waals surface area contributed by atoms with Gasteiger partial charge in [-0.25, -0.2) is 4.39 Å². The Morgan fingerprint density at radius 2 is 1.73 bits per heavy atom. The van der Waals surface area contributed by atoms with Gasteiger partial charge in [0.05, 0.1) is 19.9 Å². The standard InChI is InChI=1S/C19H21FN2O4/c1-25-15-7-8-16(17(11-15)26-2)22-19(24)12-18(23)21-10-9-13-3-5-14(20)6-4-13/h3-8,11H,9-10,12H2,1-2H3,(H,21,23)(H,22,24). The molecule has 2 rings (SSSR count). The monoisotopic (exact) mass is 360 g/mol. The molecule has 7 heteroatoms. The molecule has 138 valence electrons. The summed E-state index contributed by atoms with van der Waals surface area (Å²) >= 11 is 0. The van der Waals surface area contributed by atoms with E-state index >= 15 is 0 Å². The number of carbonyl (C=O) groups excluding carboxylic acids is 2. The van der Waals surface area contributed by atoms with Gasteiger partial charge in [0.1, 0.15) is 23.7 Å². The third-order valence-corrected chi connectivity index (χ3v) is 3.65. The Kier molecular flexibility index (Phi) is 6.96. The third-order valence-electron chi connectivity index (χ3n) is 3.65. The van der Waals surface area contributed by atoms with E-state index in [4.69, 9.17) is 9.47 Å². The van der Waals surface area contributed by atoms with Crippen LogP contribution < -0.4 is 20.1 Å². The van der Waals surface area contributed by atoms with Crippen LogP contribution >= 0.6 is 0 Å². The van der Waals surface area contributed by atoms with Crippen LogP contribution in [0.2, 0.25) is 0 Å². The molecule has 0 unspecified atom stereocenters. The van der Waals surface area contributed by atoms with Crippen molar-refractivity contribution < 1.29 is 23.5 Å². The molecule has 0 aliphatic carbocycles. The molecule has 0 aliphatic heterocycles. The van der Waals surface area contributed by atoms with Crippen LogP contribution in [0.4, 0.5) is 10.1 Å². The van der Waals surface area contributed by atoms with Gasteiger partial charge in [0.15, 0.2) is 0 Å². The van der Waals surface area contributed by atoms with Crippen molar-refractivity contribution >= 4 is 17.5 Å². The Balaban J connectivity index is 1.80. The molecule has 6 nitrogen and oxygen atoms in total. The van der Waals surface area contributed by atoms with Crippen molar-refractivity contribution in [2.45, 2.75) is 12.8 Å². The molecule has 2 amide bonds. The summed E-state index contributed by atoms with van der Waals surface area (Å²) in [6, 6.07) is 11.0. The lowest BCUT2D eigenvalue weighted by Crippen LogP contribution is -2.29. The summed E-state index contributed by atoms with van der Waals surface area (Å²) in [6.45, 7) is 0.365. The van der Waals surface area contributed by atoms with E-state index in [1.807, 2.05) is 0 Å². The third kappa shape index (κ3) is 5.77. The number of carbonyl (C=O) groups is 2. The summed E-state index contributed by atoms with van der Waals surface area (Å²) in [7, 11) is 3.01. The molecule has 26 heavy (non-hydrogen) atoms. The van der Waals surface area contributed by atoms with Crippen LogP contribution in [0.5, 0.6) is 11.5 Å². The number of hydrogen-bond donors (Lipinski definition) is 2. The number of amides is 2. The highest BCUT2D eigenvalue weighted by molar-refractivity contribution is 6.04. The topological polar surface area (TPSA) is 76.7 Å². The van der Waals surface area contributed by atoms with E-state index < -0.39 is 11.8 Å². The van der Waals surface area contributed by atoms with E-state index in [-0.39, 0.29) is 12.2 Å². The van der Waals surface area contributed by atoms with Gasteiger partial charge in [0.2, 0.25) is 11.8 Å². The Labute approximate surface area is 151 Å². The van der Waals surface area contributed by atoms with E-state index in [1.165, 1.54) is 26.4 Å². The lowest BCUT2D eigenvalue weighted by molar-refractivity contribution is -0.126. The Bertz CT molecular complexity index is 763. The molecule has 0 saturated heterocycles. The fraction of sp³-hybridized carbons (Fsp3) is 0.263. The fourth-order valence-corrected chi connectivity index (χ4v) is 2.30. The second-order valence-corrected chi connectivity index (χ2v) is 5.52. The van der Waals surface area contributed by atoms with Crippen LogP contribution in [-0.2, 0) is 16.0 Å². The van der Waals surface area contributed by atoms with E-state index in [2.05, 4.69) is 10.6 Å². The Morgan fingerprint density at radius 3 is 2.38 bits per heavy atom. The van der Waals surface area contributed by atoms with Gasteiger partial charge in [-0.3, -0.25) is 9.59 Å². The molecule has 2 aromatic carbocycles. The highest BCUT2D eigenvalue weighted by Crippen LogP contribution is 2.29. The minimum absolute atomic E-state index is 0.302. The molecular formula is C19H21FN2O4. The van der Waals surface area contributed by atoms with E-state index in [1.54, 1.807) is 30.3 Å². The predicted octanol–water partition coefficient (Wildman–Crippen LogP) is 2.53. The molecule has 0 saturated carbocycles. The highest BCUT2D eigenvalue weighted by atomic mass is 19.1. The number of nitrogens with one attached hydrogen (secondary N) is 2. The zero-order valence-electron chi connectivity index (χ0n) is 14.7. The summed E-state index contributed by atoms with van der Waals surface area (Å²) < 4.78 is 23.1. The molecule has 0 fully saturated rings. The maximum absolute atomic E-state index is 12.8. The predicted molar refractivity (Wildman–Crippen MR) is 95.9 cm³/mol. The van der Waals surface area contributed by atoms with Gasteiger partial charge in [-0.05, 0) is 36.2 Å². The fourth-order valence-electron chi connectivity index (χ4n) is 2.30. The van der Waals surface area contributed by atoms with Crippen LogP contribution in [0, 0.1) is 5.82 Å². The van der Waals surface area contributed by atoms with Gasteiger partial charge in [-0.1, -0.05) is 12.1 Å². The van der Waals surface area contributed by atoms with Crippen molar-refractivity contribution in [3.05, 3.63) is 53.8 Å². The minimum atomic E-state index is -0.451. The summed E-state index contributed by atoms with van der Waals surface area (Å²) in [6.07, 6.45) is 0.249. The molecule has 0 radical (unpaired) electrons. The SMILES string of the molecule is COc1ccc(NC(=O)CC(=O)NCCc2ccc(F)cc2)c(OC)c1. The van der Waals surface area contributed by atoms with Gasteiger partial charge in [-0.15, -0.1) is 0 Å². The summed E-state index contributed by atoms with van der Waals surface area (Å²) in [4.78, 5) is 23.9. The van der Waals surface area contributed by atoms with Gasteiger partial charge in [-0.2, -0.15) is 0 Å². The van der Waals surface area contributed by atoms with Crippen LogP contribution in [-0.4, -0.2) is 32.6 Å². The first-order chi connectivity index (χ1) is 12.5. The van der Waals surface area contributed by atoms with Crippen molar-refractivity contribution in [2.75, 3.05) is 26.1 Å². The lowest BCUT2D eigenvalue weighted by atomic mass is 10.1. The molecular weight excluding hydrogens is 339 g/mol. The van der Waals surface area contributed by atoms with Crippen molar-refractivity contribution in [2.24, 2.45) is 0 Å². The van der Waals surface area contributed by atoms with E-state index in [0.717, 1.165) is 5.56 Å². The minimum Gasteiger partial charge on any atom is -0.497 e. The number of methoxy groups -OCH3 is 2. The number of benzene rings is 2. The van der Waals surface area contributed by atoms with E-state index in [9.17, 15) is 14.0 Å². The number of halogens is 1. The number of hydrogen-bond acceptors (Lipinski definition) is 4. The second kappa shape index (κ2) is 9.41. The first-order valence-corrected chi connectivity index (χ1v) is 8.05. The first kappa shape index (κ1) is 19.2. The molecule has 2 N–H and O–H groups in total. The second-order valence-electron chi connectivity index (χ2n) is 5.52. The maximum atomic E-state index is 12.8. The molecule has 0 heterocycles. The van der Waals surface area contributed by atoms with Crippen LogP contribution in [0.1, 0.15) is 12.0 Å². The van der Waals surface area contributed by atoms with Crippen LogP contribution in [0.25, 0.3) is 0 Å². The van der Waals surface area contributed by atoms with E-state index in [0.29, 0.717) is 30.2 Å². The molecule has 0 aliphatic rings.